The molecule has 0 aliphatic carbocycles. The van der Waals surface area contributed by atoms with Gasteiger partial charge in [-0.15, -0.1) is 0 Å². The summed E-state index contributed by atoms with van der Waals surface area (Å²) in [5.41, 5.74) is 0.903. The normalized spacial score (nSPS) is 12.8. The molecule has 0 amide bonds. The van der Waals surface area contributed by atoms with Gasteiger partial charge < -0.3 is 5.32 Å². The molecule has 1 aromatic carbocycles. The standard InChI is InChI=1S/C13H19ClFN/c1-3-7-16-8-6-10(2)12-9-11(15)4-5-13(12)14/h4-5,9-10,16H,3,6-8H2,1-2H3. The number of halogens is 2. The maximum Gasteiger partial charge on any atom is 0.123 e. The minimum Gasteiger partial charge on any atom is -0.317 e. The predicted molar refractivity (Wildman–Crippen MR) is 67.6 cm³/mol. The summed E-state index contributed by atoms with van der Waals surface area (Å²) >= 11 is 6.04. The van der Waals surface area contributed by atoms with Crippen molar-refractivity contribution in [3.63, 3.8) is 0 Å². The van der Waals surface area contributed by atoms with Crippen molar-refractivity contribution in [2.24, 2.45) is 0 Å². The van der Waals surface area contributed by atoms with E-state index >= 15 is 0 Å². The first-order chi connectivity index (χ1) is 7.65. The molecule has 0 aromatic heterocycles. The Balaban J connectivity index is 2.51. The van der Waals surface area contributed by atoms with Gasteiger partial charge in [0.25, 0.3) is 0 Å². The van der Waals surface area contributed by atoms with E-state index in [1.54, 1.807) is 6.07 Å². The largest absolute Gasteiger partial charge is 0.317 e. The van der Waals surface area contributed by atoms with Gasteiger partial charge in [0.15, 0.2) is 0 Å². The monoisotopic (exact) mass is 243 g/mol. The molecule has 0 bridgehead atoms. The van der Waals surface area contributed by atoms with E-state index in [2.05, 4.69) is 19.2 Å². The van der Waals surface area contributed by atoms with Gasteiger partial charge in [0, 0.05) is 5.02 Å². The Morgan fingerprint density at radius 2 is 2.12 bits per heavy atom. The average molecular weight is 244 g/mol. The fourth-order valence-corrected chi connectivity index (χ4v) is 1.97. The highest BCUT2D eigenvalue weighted by atomic mass is 35.5. The molecule has 90 valence electrons. The molecule has 0 saturated heterocycles. The molecule has 0 aliphatic heterocycles. The van der Waals surface area contributed by atoms with E-state index < -0.39 is 0 Å². The van der Waals surface area contributed by atoms with Crippen molar-refractivity contribution in [3.05, 3.63) is 34.6 Å². The molecule has 1 unspecified atom stereocenters. The second kappa shape index (κ2) is 6.87. The highest BCUT2D eigenvalue weighted by Crippen LogP contribution is 2.27. The first kappa shape index (κ1) is 13.5. The van der Waals surface area contributed by atoms with E-state index in [9.17, 15) is 4.39 Å². The minimum atomic E-state index is -0.215. The topological polar surface area (TPSA) is 12.0 Å². The predicted octanol–water partition coefficient (Wildman–Crippen LogP) is 3.97. The van der Waals surface area contributed by atoms with Crippen LogP contribution in [0, 0.1) is 5.82 Å². The van der Waals surface area contributed by atoms with Gasteiger partial charge in [-0.25, -0.2) is 4.39 Å². The summed E-state index contributed by atoms with van der Waals surface area (Å²) in [6, 6.07) is 4.56. The van der Waals surface area contributed by atoms with Gasteiger partial charge in [-0.3, -0.25) is 0 Å². The van der Waals surface area contributed by atoms with Crippen LogP contribution in [-0.2, 0) is 0 Å². The molecule has 3 heteroatoms. The fraction of sp³-hybridized carbons (Fsp3) is 0.538. The van der Waals surface area contributed by atoms with E-state index in [4.69, 9.17) is 11.6 Å². The van der Waals surface area contributed by atoms with E-state index in [-0.39, 0.29) is 11.7 Å². The molecule has 1 rings (SSSR count). The van der Waals surface area contributed by atoms with Gasteiger partial charge in [-0.2, -0.15) is 0 Å². The molecule has 1 N–H and O–H groups in total. The zero-order valence-electron chi connectivity index (χ0n) is 9.89. The SMILES string of the molecule is CCCNCCC(C)c1cc(F)ccc1Cl. The van der Waals surface area contributed by atoms with Crippen LogP contribution in [0.5, 0.6) is 0 Å². The van der Waals surface area contributed by atoms with Crippen molar-refractivity contribution in [1.82, 2.24) is 5.32 Å². The molecule has 1 nitrogen and oxygen atoms in total. The number of benzene rings is 1. The molecular formula is C13H19ClFN. The van der Waals surface area contributed by atoms with Crippen LogP contribution in [-0.4, -0.2) is 13.1 Å². The lowest BCUT2D eigenvalue weighted by Gasteiger charge is -2.14. The highest BCUT2D eigenvalue weighted by molar-refractivity contribution is 6.31. The van der Waals surface area contributed by atoms with Crippen LogP contribution in [0.15, 0.2) is 18.2 Å². The van der Waals surface area contributed by atoms with Crippen LogP contribution in [0.1, 0.15) is 38.2 Å². The smallest absolute Gasteiger partial charge is 0.123 e. The molecule has 0 heterocycles. The van der Waals surface area contributed by atoms with E-state index in [0.717, 1.165) is 31.5 Å². The maximum absolute atomic E-state index is 13.1. The van der Waals surface area contributed by atoms with Gasteiger partial charge in [0.1, 0.15) is 5.82 Å². The Kier molecular flexibility index (Phi) is 5.78. The summed E-state index contributed by atoms with van der Waals surface area (Å²) in [5, 5.41) is 3.99. The Labute approximate surface area is 102 Å². The van der Waals surface area contributed by atoms with E-state index in [1.165, 1.54) is 12.1 Å². The molecule has 0 radical (unpaired) electrons. The third-order valence-corrected chi connectivity index (χ3v) is 3.01. The quantitative estimate of drug-likeness (QED) is 0.746. The zero-order valence-corrected chi connectivity index (χ0v) is 10.6. The summed E-state index contributed by atoms with van der Waals surface area (Å²) in [7, 11) is 0. The van der Waals surface area contributed by atoms with Crippen LogP contribution in [0.4, 0.5) is 4.39 Å². The Hall–Kier alpha value is -0.600. The van der Waals surface area contributed by atoms with Crippen LogP contribution >= 0.6 is 11.6 Å². The summed E-state index contributed by atoms with van der Waals surface area (Å²) < 4.78 is 13.1. The second-order valence-corrected chi connectivity index (χ2v) is 4.51. The lowest BCUT2D eigenvalue weighted by atomic mass is 9.97. The van der Waals surface area contributed by atoms with Crippen LogP contribution < -0.4 is 5.32 Å². The van der Waals surface area contributed by atoms with Crippen molar-refractivity contribution in [2.75, 3.05) is 13.1 Å². The molecule has 0 fully saturated rings. The Morgan fingerprint density at radius 1 is 1.38 bits per heavy atom. The van der Waals surface area contributed by atoms with Gasteiger partial charge in [0.2, 0.25) is 0 Å². The Bertz CT molecular complexity index is 328. The van der Waals surface area contributed by atoms with Crippen molar-refractivity contribution in [1.29, 1.82) is 0 Å². The lowest BCUT2D eigenvalue weighted by Crippen LogP contribution is -2.17. The highest BCUT2D eigenvalue weighted by Gasteiger charge is 2.10. The van der Waals surface area contributed by atoms with Crippen molar-refractivity contribution in [2.45, 2.75) is 32.6 Å². The molecule has 0 aliphatic rings. The number of hydrogen-bond donors (Lipinski definition) is 1. The van der Waals surface area contributed by atoms with Crippen molar-refractivity contribution < 1.29 is 4.39 Å². The summed E-state index contributed by atoms with van der Waals surface area (Å²) in [5.74, 6) is 0.0697. The average Bonchev–Trinajstić information content (AvgIpc) is 2.27. The second-order valence-electron chi connectivity index (χ2n) is 4.11. The van der Waals surface area contributed by atoms with E-state index in [1.807, 2.05) is 0 Å². The molecule has 0 saturated carbocycles. The first-order valence-corrected chi connectivity index (χ1v) is 6.18. The van der Waals surface area contributed by atoms with Gasteiger partial charge in [0.05, 0.1) is 0 Å². The Morgan fingerprint density at radius 3 is 2.81 bits per heavy atom. The van der Waals surface area contributed by atoms with Gasteiger partial charge in [-0.1, -0.05) is 25.4 Å². The molecular weight excluding hydrogens is 225 g/mol. The number of nitrogens with one attached hydrogen (secondary N) is 1. The van der Waals surface area contributed by atoms with Crippen molar-refractivity contribution in [3.8, 4) is 0 Å². The van der Waals surface area contributed by atoms with Gasteiger partial charge in [-0.05, 0) is 55.6 Å². The zero-order chi connectivity index (χ0) is 12.0. The van der Waals surface area contributed by atoms with Crippen molar-refractivity contribution >= 4 is 11.6 Å². The van der Waals surface area contributed by atoms with Gasteiger partial charge >= 0.3 is 0 Å². The molecule has 16 heavy (non-hydrogen) atoms. The molecule has 1 aromatic rings. The summed E-state index contributed by atoms with van der Waals surface area (Å²) in [6.45, 7) is 6.19. The maximum atomic E-state index is 13.1. The third kappa shape index (κ3) is 4.11. The first-order valence-electron chi connectivity index (χ1n) is 5.80. The number of rotatable bonds is 6. The summed E-state index contributed by atoms with van der Waals surface area (Å²) in [4.78, 5) is 0. The molecule has 1 atom stereocenters. The van der Waals surface area contributed by atoms with Crippen LogP contribution in [0.3, 0.4) is 0 Å². The minimum absolute atomic E-state index is 0.215. The summed E-state index contributed by atoms with van der Waals surface area (Å²) in [6.07, 6.45) is 2.11. The van der Waals surface area contributed by atoms with Crippen LogP contribution in [0.25, 0.3) is 0 Å². The lowest BCUT2D eigenvalue weighted by molar-refractivity contribution is 0.583. The van der Waals surface area contributed by atoms with E-state index in [0.29, 0.717) is 5.02 Å². The number of hydrogen-bond acceptors (Lipinski definition) is 1. The third-order valence-electron chi connectivity index (χ3n) is 2.67. The molecule has 0 spiro atoms. The van der Waals surface area contributed by atoms with Crippen LogP contribution in [0.2, 0.25) is 5.02 Å². The fourth-order valence-electron chi connectivity index (χ4n) is 1.67.